The molecule has 2 aromatic heterocycles. The number of amides is 2. The number of primary amides is 1. The van der Waals surface area contributed by atoms with Crippen molar-refractivity contribution in [2.75, 3.05) is 0 Å². The number of alkyl halides is 3. The molecule has 0 spiro atoms. The van der Waals surface area contributed by atoms with Crippen LogP contribution in [0.5, 0.6) is 0 Å². The lowest BCUT2D eigenvalue weighted by Crippen LogP contribution is -2.29. The number of nitrogens with zero attached hydrogens (tertiary/aromatic N) is 4. The maximum Gasteiger partial charge on any atom is 0.435 e. The second-order valence-electron chi connectivity index (χ2n) is 4.65. The van der Waals surface area contributed by atoms with Crippen LogP contribution in [0.4, 0.5) is 18.0 Å². The molecule has 0 saturated heterocycles. The minimum atomic E-state index is -4.59. The topological polar surface area (TPSA) is 98.7 Å². The third kappa shape index (κ3) is 3.32. The van der Waals surface area contributed by atoms with Crippen LogP contribution in [-0.4, -0.2) is 26.0 Å². The van der Waals surface area contributed by atoms with Gasteiger partial charge in [-0.15, -0.1) is 5.10 Å². The maximum atomic E-state index is 13.0. The van der Waals surface area contributed by atoms with Crippen molar-refractivity contribution < 1.29 is 18.0 Å². The van der Waals surface area contributed by atoms with Gasteiger partial charge in [-0.3, -0.25) is 4.68 Å². The second-order valence-corrected chi connectivity index (χ2v) is 4.65. The zero-order valence-electron chi connectivity index (χ0n) is 11.8. The average molecular weight is 314 g/mol. The van der Waals surface area contributed by atoms with Gasteiger partial charge in [-0.1, -0.05) is 0 Å². The van der Waals surface area contributed by atoms with Crippen molar-refractivity contribution in [1.82, 2.24) is 25.3 Å². The van der Waals surface area contributed by atoms with E-state index in [0.717, 1.165) is 4.68 Å². The molecule has 2 aromatic rings. The number of hydrogen-bond acceptors (Lipinski definition) is 4. The van der Waals surface area contributed by atoms with Gasteiger partial charge < -0.3 is 11.1 Å². The zero-order valence-corrected chi connectivity index (χ0v) is 11.8. The lowest BCUT2D eigenvalue weighted by molar-refractivity contribution is -0.141. The van der Waals surface area contributed by atoms with Crippen LogP contribution in [0.1, 0.15) is 17.0 Å². The van der Waals surface area contributed by atoms with Crippen molar-refractivity contribution in [2.45, 2.75) is 19.6 Å². The number of nitrogens with two attached hydrogens (primary N) is 1. The van der Waals surface area contributed by atoms with Crippen molar-refractivity contribution >= 4 is 6.03 Å². The Morgan fingerprint density at radius 2 is 2.09 bits per heavy atom. The SMILES string of the molecule is Cc1cc(CNC(N)=O)nnc1-c1cn(C)nc1C(F)(F)F. The smallest absolute Gasteiger partial charge is 0.352 e. The number of rotatable bonds is 3. The van der Waals surface area contributed by atoms with Gasteiger partial charge in [0.2, 0.25) is 0 Å². The van der Waals surface area contributed by atoms with Crippen LogP contribution in [0.2, 0.25) is 0 Å². The predicted molar refractivity (Wildman–Crippen MR) is 70.4 cm³/mol. The van der Waals surface area contributed by atoms with Crippen molar-refractivity contribution in [3.63, 3.8) is 0 Å². The molecule has 0 bridgehead atoms. The zero-order chi connectivity index (χ0) is 16.5. The van der Waals surface area contributed by atoms with Crippen LogP contribution in [-0.2, 0) is 19.8 Å². The third-order valence-electron chi connectivity index (χ3n) is 2.83. The molecule has 10 heteroatoms. The van der Waals surface area contributed by atoms with Gasteiger partial charge in [0.1, 0.15) is 0 Å². The van der Waals surface area contributed by atoms with Crippen molar-refractivity contribution in [2.24, 2.45) is 12.8 Å². The average Bonchev–Trinajstić information content (AvgIpc) is 2.78. The Bertz CT molecular complexity index is 709. The molecular weight excluding hydrogens is 301 g/mol. The standard InChI is InChI=1S/C12H13F3N6O/c1-6-3-7(4-17-11(16)22)18-19-9(6)8-5-21(2)20-10(8)12(13,14)15/h3,5H,4H2,1-2H3,(H3,16,17,22). The Morgan fingerprint density at radius 3 is 2.64 bits per heavy atom. The molecule has 0 fully saturated rings. The van der Waals surface area contributed by atoms with Gasteiger partial charge in [0, 0.05) is 13.2 Å². The first-order chi connectivity index (χ1) is 10.2. The molecule has 2 rings (SSSR count). The summed E-state index contributed by atoms with van der Waals surface area (Å²) in [6, 6.07) is 0.806. The molecule has 3 N–H and O–H groups in total. The summed E-state index contributed by atoms with van der Waals surface area (Å²) in [4.78, 5) is 10.6. The summed E-state index contributed by atoms with van der Waals surface area (Å²) < 4.78 is 40.0. The van der Waals surface area contributed by atoms with Crippen molar-refractivity contribution in [3.05, 3.63) is 29.2 Å². The highest BCUT2D eigenvalue weighted by molar-refractivity contribution is 5.71. The fourth-order valence-electron chi connectivity index (χ4n) is 1.94. The highest BCUT2D eigenvalue weighted by atomic mass is 19.4. The van der Waals surface area contributed by atoms with E-state index >= 15 is 0 Å². The molecule has 0 saturated carbocycles. The van der Waals surface area contributed by atoms with E-state index in [-0.39, 0.29) is 17.8 Å². The Labute approximate surface area is 123 Å². The van der Waals surface area contributed by atoms with Crippen LogP contribution in [0, 0.1) is 6.92 Å². The first-order valence-electron chi connectivity index (χ1n) is 6.16. The fraction of sp³-hybridized carbons (Fsp3) is 0.333. The van der Waals surface area contributed by atoms with Gasteiger partial charge in [0.15, 0.2) is 5.69 Å². The van der Waals surface area contributed by atoms with Gasteiger partial charge in [0.25, 0.3) is 0 Å². The number of aromatic nitrogens is 4. The van der Waals surface area contributed by atoms with Gasteiger partial charge in [0.05, 0.1) is 23.5 Å². The number of hydrogen-bond donors (Lipinski definition) is 2. The monoisotopic (exact) mass is 314 g/mol. The van der Waals surface area contributed by atoms with E-state index in [2.05, 4.69) is 20.6 Å². The molecule has 22 heavy (non-hydrogen) atoms. The molecule has 0 aromatic carbocycles. The molecule has 0 aliphatic rings. The summed E-state index contributed by atoms with van der Waals surface area (Å²) in [7, 11) is 1.40. The molecule has 2 amide bonds. The van der Waals surface area contributed by atoms with E-state index in [0.29, 0.717) is 11.3 Å². The Hall–Kier alpha value is -2.65. The van der Waals surface area contributed by atoms with E-state index in [4.69, 9.17) is 5.73 Å². The van der Waals surface area contributed by atoms with E-state index in [9.17, 15) is 18.0 Å². The van der Waals surface area contributed by atoms with E-state index in [1.54, 1.807) is 6.92 Å². The van der Waals surface area contributed by atoms with Gasteiger partial charge >= 0.3 is 12.2 Å². The fourth-order valence-corrected chi connectivity index (χ4v) is 1.94. The lowest BCUT2D eigenvalue weighted by Gasteiger charge is -2.08. The third-order valence-corrected chi connectivity index (χ3v) is 2.83. The van der Waals surface area contributed by atoms with Crippen LogP contribution >= 0.6 is 0 Å². The quantitative estimate of drug-likeness (QED) is 0.894. The van der Waals surface area contributed by atoms with Crippen LogP contribution in [0.3, 0.4) is 0 Å². The number of carbonyl (C=O) groups excluding carboxylic acids is 1. The van der Waals surface area contributed by atoms with Gasteiger partial charge in [-0.05, 0) is 18.6 Å². The largest absolute Gasteiger partial charge is 0.435 e. The van der Waals surface area contributed by atoms with Crippen molar-refractivity contribution in [1.29, 1.82) is 0 Å². The molecule has 7 nitrogen and oxygen atoms in total. The minimum Gasteiger partial charge on any atom is -0.352 e. The van der Waals surface area contributed by atoms with Gasteiger partial charge in [-0.25, -0.2) is 4.79 Å². The minimum absolute atomic E-state index is 0.0443. The predicted octanol–water partition coefficient (Wildman–Crippen LogP) is 1.37. The Balaban J connectivity index is 2.40. The first kappa shape index (κ1) is 15.7. The lowest BCUT2D eigenvalue weighted by atomic mass is 10.1. The highest BCUT2D eigenvalue weighted by Crippen LogP contribution is 2.36. The molecule has 0 radical (unpaired) electrons. The molecular formula is C12H13F3N6O. The molecule has 0 unspecified atom stereocenters. The number of nitrogens with one attached hydrogen (secondary N) is 1. The number of urea groups is 1. The summed E-state index contributed by atoms with van der Waals surface area (Å²) in [5, 5.41) is 13.4. The normalized spacial score (nSPS) is 11.5. The molecule has 118 valence electrons. The summed E-state index contributed by atoms with van der Waals surface area (Å²) in [5.41, 5.74) is 4.73. The van der Waals surface area contributed by atoms with Crippen molar-refractivity contribution in [3.8, 4) is 11.3 Å². The first-order valence-corrected chi connectivity index (χ1v) is 6.16. The maximum absolute atomic E-state index is 13.0. The van der Waals surface area contributed by atoms with Crippen LogP contribution in [0.25, 0.3) is 11.3 Å². The van der Waals surface area contributed by atoms with E-state index in [1.165, 1.54) is 19.3 Å². The summed E-state index contributed by atoms with van der Waals surface area (Å²) >= 11 is 0. The number of halogens is 3. The number of aryl methyl sites for hydroxylation is 2. The highest BCUT2D eigenvalue weighted by Gasteiger charge is 2.38. The molecule has 0 atom stereocenters. The van der Waals surface area contributed by atoms with E-state index < -0.39 is 17.9 Å². The number of carbonyl (C=O) groups is 1. The van der Waals surface area contributed by atoms with E-state index in [1.807, 2.05) is 0 Å². The van der Waals surface area contributed by atoms with Crippen LogP contribution < -0.4 is 11.1 Å². The molecule has 0 aliphatic carbocycles. The second kappa shape index (κ2) is 5.62. The summed E-state index contributed by atoms with van der Waals surface area (Å²) in [5.74, 6) is 0. The summed E-state index contributed by atoms with van der Waals surface area (Å²) in [6.07, 6.45) is -3.35. The Morgan fingerprint density at radius 1 is 1.41 bits per heavy atom. The van der Waals surface area contributed by atoms with Crippen LogP contribution in [0.15, 0.2) is 12.3 Å². The summed E-state index contributed by atoms with van der Waals surface area (Å²) in [6.45, 7) is 1.65. The molecule has 2 heterocycles. The molecule has 0 aliphatic heterocycles. The van der Waals surface area contributed by atoms with Gasteiger partial charge in [-0.2, -0.15) is 23.4 Å². The Kier molecular flexibility index (Phi) is 4.02.